The summed E-state index contributed by atoms with van der Waals surface area (Å²) < 4.78 is 26.8. The third kappa shape index (κ3) is 4.04. The van der Waals surface area contributed by atoms with Gasteiger partial charge in [-0.1, -0.05) is 19.3 Å². The summed E-state index contributed by atoms with van der Waals surface area (Å²) in [6.45, 7) is 1.89. The van der Waals surface area contributed by atoms with Crippen molar-refractivity contribution in [2.24, 2.45) is 0 Å². The summed E-state index contributed by atoms with van der Waals surface area (Å²) in [6.07, 6.45) is 6.51. The number of halogens is 1. The second kappa shape index (κ2) is 6.52. The lowest BCUT2D eigenvalue weighted by atomic mass is 10.2. The Balaban J connectivity index is 3.07. The minimum Gasteiger partial charge on any atom is -0.477 e. The first-order valence-electron chi connectivity index (χ1n) is 5.33. The van der Waals surface area contributed by atoms with E-state index in [1.807, 2.05) is 6.92 Å². The first-order chi connectivity index (χ1) is 8.81. The molecule has 1 atom stereocenters. The van der Waals surface area contributed by atoms with Gasteiger partial charge in [-0.2, -0.15) is 4.72 Å². The van der Waals surface area contributed by atoms with Gasteiger partial charge in [-0.25, -0.2) is 13.2 Å². The lowest BCUT2D eigenvalue weighted by molar-refractivity contribution is 0.0702. The number of nitrogens with one attached hydrogen (secondary N) is 1. The van der Waals surface area contributed by atoms with Crippen LogP contribution in [-0.2, 0) is 10.0 Å². The first kappa shape index (κ1) is 16.2. The molecule has 0 aliphatic carbocycles. The zero-order chi connectivity index (χ0) is 14.6. The molecule has 104 valence electrons. The van der Waals surface area contributed by atoms with Gasteiger partial charge < -0.3 is 5.11 Å². The van der Waals surface area contributed by atoms with Gasteiger partial charge in [-0.05, 0) is 28.4 Å². The molecule has 1 rings (SSSR count). The van der Waals surface area contributed by atoms with Gasteiger partial charge in [0.05, 0.1) is 9.83 Å². The molecule has 1 aromatic heterocycles. The molecule has 1 unspecified atom stereocenters. The number of aromatic carboxylic acids is 1. The van der Waals surface area contributed by atoms with E-state index < -0.39 is 22.0 Å². The van der Waals surface area contributed by atoms with Crippen molar-refractivity contribution >= 4 is 43.3 Å². The molecule has 0 aliphatic heterocycles. The SMILES string of the molecule is C#CC(CCC)NS(=O)(=O)c1cc(C(=O)O)sc1Br. The smallest absolute Gasteiger partial charge is 0.345 e. The van der Waals surface area contributed by atoms with Crippen molar-refractivity contribution < 1.29 is 18.3 Å². The Morgan fingerprint density at radius 1 is 1.68 bits per heavy atom. The number of thiophene rings is 1. The summed E-state index contributed by atoms with van der Waals surface area (Å²) in [4.78, 5) is 10.7. The highest BCUT2D eigenvalue weighted by molar-refractivity contribution is 9.11. The molecule has 0 saturated carbocycles. The molecule has 1 heterocycles. The van der Waals surface area contributed by atoms with Crippen LogP contribution in [0.1, 0.15) is 29.4 Å². The van der Waals surface area contributed by atoms with Gasteiger partial charge in [-0.3, -0.25) is 0 Å². The molecular weight excluding hydrogens is 354 g/mol. The number of terminal acetylenes is 1. The Morgan fingerprint density at radius 2 is 2.32 bits per heavy atom. The van der Waals surface area contributed by atoms with Gasteiger partial charge in [0.15, 0.2) is 0 Å². The van der Waals surface area contributed by atoms with Crippen LogP contribution in [0.5, 0.6) is 0 Å². The topological polar surface area (TPSA) is 83.5 Å². The molecule has 19 heavy (non-hydrogen) atoms. The summed E-state index contributed by atoms with van der Waals surface area (Å²) in [5.74, 6) is 1.19. The van der Waals surface area contributed by atoms with Gasteiger partial charge in [-0.15, -0.1) is 17.8 Å². The Morgan fingerprint density at radius 3 is 2.74 bits per heavy atom. The Labute approximate surface area is 124 Å². The first-order valence-corrected chi connectivity index (χ1v) is 8.42. The maximum Gasteiger partial charge on any atom is 0.345 e. The summed E-state index contributed by atoms with van der Waals surface area (Å²) in [7, 11) is -3.83. The second-order valence-corrected chi connectivity index (χ2v) is 7.74. The summed E-state index contributed by atoms with van der Waals surface area (Å²) >= 11 is 3.90. The number of hydrogen-bond acceptors (Lipinski definition) is 4. The van der Waals surface area contributed by atoms with Crippen molar-refractivity contribution in [3.63, 3.8) is 0 Å². The number of carbonyl (C=O) groups is 1. The van der Waals surface area contributed by atoms with Crippen molar-refractivity contribution in [3.8, 4) is 12.3 Å². The van der Waals surface area contributed by atoms with Crippen LogP contribution < -0.4 is 4.72 Å². The van der Waals surface area contributed by atoms with E-state index in [2.05, 4.69) is 26.6 Å². The Bertz CT molecular complexity index is 615. The number of hydrogen-bond donors (Lipinski definition) is 2. The maximum absolute atomic E-state index is 12.1. The minimum absolute atomic E-state index is 0.0556. The van der Waals surface area contributed by atoms with E-state index >= 15 is 0 Å². The van der Waals surface area contributed by atoms with E-state index in [0.717, 1.165) is 23.8 Å². The highest BCUT2D eigenvalue weighted by atomic mass is 79.9. The molecule has 1 aromatic rings. The number of rotatable bonds is 6. The van der Waals surface area contributed by atoms with E-state index in [4.69, 9.17) is 11.5 Å². The summed E-state index contributed by atoms with van der Waals surface area (Å²) in [5.41, 5.74) is 0. The van der Waals surface area contributed by atoms with Gasteiger partial charge in [0, 0.05) is 0 Å². The molecule has 2 N–H and O–H groups in total. The van der Waals surface area contributed by atoms with Gasteiger partial charge in [0.2, 0.25) is 10.0 Å². The van der Waals surface area contributed by atoms with E-state index in [9.17, 15) is 13.2 Å². The molecule has 8 heteroatoms. The van der Waals surface area contributed by atoms with Crippen molar-refractivity contribution in [2.75, 3.05) is 0 Å². The highest BCUT2D eigenvalue weighted by Crippen LogP contribution is 2.31. The molecule has 0 aliphatic rings. The molecule has 0 fully saturated rings. The van der Waals surface area contributed by atoms with Crippen LogP contribution in [0.3, 0.4) is 0 Å². The normalized spacial score (nSPS) is 12.9. The third-order valence-corrected chi connectivity index (χ3v) is 5.94. The summed E-state index contributed by atoms with van der Waals surface area (Å²) in [6, 6.07) is 0.508. The van der Waals surface area contributed by atoms with Crippen LogP contribution in [-0.4, -0.2) is 25.5 Å². The number of sulfonamides is 1. The lowest BCUT2D eigenvalue weighted by Gasteiger charge is -2.11. The van der Waals surface area contributed by atoms with Crippen molar-refractivity contribution in [1.29, 1.82) is 0 Å². The van der Waals surface area contributed by atoms with Gasteiger partial charge >= 0.3 is 5.97 Å². The largest absolute Gasteiger partial charge is 0.477 e. The van der Waals surface area contributed by atoms with Crippen molar-refractivity contribution in [2.45, 2.75) is 30.7 Å². The monoisotopic (exact) mass is 365 g/mol. The molecule has 0 saturated heterocycles. The average Bonchev–Trinajstić information content (AvgIpc) is 2.71. The lowest BCUT2D eigenvalue weighted by Crippen LogP contribution is -2.33. The van der Waals surface area contributed by atoms with Crippen LogP contribution in [0.4, 0.5) is 0 Å². The Kier molecular flexibility index (Phi) is 5.55. The van der Waals surface area contributed by atoms with Crippen LogP contribution in [0.25, 0.3) is 0 Å². The van der Waals surface area contributed by atoms with E-state index in [1.54, 1.807) is 0 Å². The average molecular weight is 366 g/mol. The van der Waals surface area contributed by atoms with Gasteiger partial charge in [0.25, 0.3) is 0 Å². The van der Waals surface area contributed by atoms with Crippen molar-refractivity contribution in [3.05, 3.63) is 14.7 Å². The van der Waals surface area contributed by atoms with Crippen LogP contribution >= 0.6 is 27.3 Å². The molecule has 5 nitrogen and oxygen atoms in total. The minimum atomic E-state index is -3.83. The molecule has 0 spiro atoms. The second-order valence-electron chi connectivity index (χ2n) is 3.68. The molecule has 0 radical (unpaired) electrons. The van der Waals surface area contributed by atoms with E-state index in [-0.39, 0.29) is 13.6 Å². The predicted octanol–water partition coefficient (Wildman–Crippen LogP) is 2.29. The molecule has 0 bridgehead atoms. The third-order valence-electron chi connectivity index (χ3n) is 2.23. The van der Waals surface area contributed by atoms with Crippen LogP contribution in [0, 0.1) is 12.3 Å². The van der Waals surface area contributed by atoms with Crippen LogP contribution in [0.15, 0.2) is 14.7 Å². The van der Waals surface area contributed by atoms with E-state index in [0.29, 0.717) is 6.42 Å². The fraction of sp³-hybridized carbons (Fsp3) is 0.364. The van der Waals surface area contributed by atoms with Crippen LogP contribution in [0.2, 0.25) is 0 Å². The van der Waals surface area contributed by atoms with E-state index in [1.165, 1.54) is 0 Å². The molecular formula is C11H12BrNO4S2. The van der Waals surface area contributed by atoms with Crippen molar-refractivity contribution in [1.82, 2.24) is 4.72 Å². The standard InChI is InChI=1S/C11H12BrNO4S2/c1-3-5-7(4-2)13-19(16,17)9-6-8(11(14)15)18-10(9)12/h2,6-7,13H,3,5H2,1H3,(H,14,15). The predicted molar refractivity (Wildman–Crippen MR) is 76.8 cm³/mol. The Hall–Kier alpha value is -0.880. The summed E-state index contributed by atoms with van der Waals surface area (Å²) in [5, 5.41) is 8.84. The zero-order valence-corrected chi connectivity index (χ0v) is 13.2. The molecule has 0 aromatic carbocycles. The number of carboxylic acids is 1. The zero-order valence-electron chi connectivity index (χ0n) is 10.0. The maximum atomic E-state index is 12.1. The quantitative estimate of drug-likeness (QED) is 0.757. The fourth-order valence-corrected chi connectivity index (χ4v) is 4.95. The number of carboxylic acid groups (broad SMARTS) is 1. The molecule has 0 amide bonds. The fourth-order valence-electron chi connectivity index (χ4n) is 1.36. The highest BCUT2D eigenvalue weighted by Gasteiger charge is 2.25. The van der Waals surface area contributed by atoms with Gasteiger partial charge in [0.1, 0.15) is 9.77 Å².